The Bertz CT molecular complexity index is 1460. The van der Waals surface area contributed by atoms with Gasteiger partial charge in [0.1, 0.15) is 23.2 Å². The Morgan fingerprint density at radius 1 is 1.18 bits per heavy atom. The van der Waals surface area contributed by atoms with Crippen LogP contribution in [0, 0.1) is 0 Å². The quantitative estimate of drug-likeness (QED) is 0.421. The molecule has 0 spiro atoms. The van der Waals surface area contributed by atoms with Gasteiger partial charge in [0.2, 0.25) is 0 Å². The van der Waals surface area contributed by atoms with Crippen molar-refractivity contribution in [2.45, 2.75) is 97.1 Å². The molecule has 0 saturated heterocycles. The van der Waals surface area contributed by atoms with Gasteiger partial charge in [-0.25, -0.2) is 18.9 Å². The largest absolute Gasteiger partial charge is 0.357 e. The first kappa shape index (κ1) is 28.4. The van der Waals surface area contributed by atoms with E-state index in [2.05, 4.69) is 40.3 Å². The SMILES string of the molecule is CC[C@H]1CCc2nnc(-c3cccc(N4Cc5c(cc(N(C)C(C)C)nc5[C@@H](C)NS(=O)C(C)(C)C)C4=O)n3)n21. The van der Waals surface area contributed by atoms with E-state index in [0.29, 0.717) is 35.5 Å². The van der Waals surface area contributed by atoms with Crippen LogP contribution in [0.2, 0.25) is 0 Å². The van der Waals surface area contributed by atoms with Gasteiger partial charge in [-0.05, 0) is 72.6 Å². The summed E-state index contributed by atoms with van der Waals surface area (Å²) >= 11 is 0. The van der Waals surface area contributed by atoms with Crippen molar-refractivity contribution in [1.29, 1.82) is 0 Å². The topological polar surface area (TPSA) is 109 Å². The number of hydrogen-bond donors (Lipinski definition) is 1. The van der Waals surface area contributed by atoms with E-state index in [1.54, 1.807) is 4.90 Å². The minimum atomic E-state index is -1.30. The number of carbonyl (C=O) groups is 1. The molecule has 0 fully saturated rings. The molecule has 2 aliphatic heterocycles. The lowest BCUT2D eigenvalue weighted by atomic mass is 10.0. The van der Waals surface area contributed by atoms with Gasteiger partial charge in [0.05, 0.1) is 39.6 Å². The number of anilines is 2. The fraction of sp³-hybridized carbons (Fsp3) is 0.552. The van der Waals surface area contributed by atoms with Crippen LogP contribution >= 0.6 is 0 Å². The molecule has 2 aliphatic rings. The van der Waals surface area contributed by atoms with Gasteiger partial charge in [0, 0.05) is 31.1 Å². The molecule has 1 N–H and O–H groups in total. The molecular weight excluding hydrogens is 524 g/mol. The van der Waals surface area contributed by atoms with E-state index in [-0.39, 0.29) is 18.0 Å². The normalized spacial score (nSPS) is 18.3. The summed E-state index contributed by atoms with van der Waals surface area (Å²) < 4.78 is 17.9. The molecule has 10 nitrogen and oxygen atoms in total. The lowest BCUT2D eigenvalue weighted by Crippen LogP contribution is -2.35. The fourth-order valence-electron chi connectivity index (χ4n) is 5.25. The van der Waals surface area contributed by atoms with E-state index < -0.39 is 15.7 Å². The molecule has 1 unspecified atom stereocenters. The Morgan fingerprint density at radius 2 is 1.93 bits per heavy atom. The number of pyridine rings is 2. The van der Waals surface area contributed by atoms with Crippen molar-refractivity contribution >= 4 is 28.5 Å². The number of rotatable bonds is 8. The van der Waals surface area contributed by atoms with Crippen molar-refractivity contribution in [3.63, 3.8) is 0 Å². The number of aromatic nitrogens is 5. The molecule has 5 rings (SSSR count). The maximum atomic E-state index is 13.9. The second kappa shape index (κ2) is 10.7. The van der Waals surface area contributed by atoms with Crippen LogP contribution in [0.5, 0.6) is 0 Å². The highest BCUT2D eigenvalue weighted by Crippen LogP contribution is 2.36. The summed E-state index contributed by atoms with van der Waals surface area (Å²) in [6, 6.07) is 7.79. The van der Waals surface area contributed by atoms with Gasteiger partial charge in [-0.2, -0.15) is 0 Å². The molecule has 3 aromatic rings. The van der Waals surface area contributed by atoms with E-state index in [0.717, 1.165) is 42.2 Å². The smallest absolute Gasteiger partial charge is 0.260 e. The maximum Gasteiger partial charge on any atom is 0.260 e. The first-order chi connectivity index (χ1) is 18.9. The average molecular weight is 565 g/mol. The van der Waals surface area contributed by atoms with Crippen LogP contribution in [0.4, 0.5) is 11.6 Å². The molecule has 214 valence electrons. The molecule has 5 heterocycles. The maximum absolute atomic E-state index is 13.9. The van der Waals surface area contributed by atoms with Crippen LogP contribution in [0.1, 0.15) is 101 Å². The van der Waals surface area contributed by atoms with Gasteiger partial charge in [0.15, 0.2) is 5.82 Å². The van der Waals surface area contributed by atoms with E-state index in [1.807, 2.05) is 63.9 Å². The van der Waals surface area contributed by atoms with Gasteiger partial charge in [-0.1, -0.05) is 13.0 Å². The highest BCUT2D eigenvalue weighted by Gasteiger charge is 2.36. The molecule has 11 heteroatoms. The van der Waals surface area contributed by atoms with Gasteiger partial charge in [-0.3, -0.25) is 9.69 Å². The van der Waals surface area contributed by atoms with Crippen LogP contribution < -0.4 is 14.5 Å². The monoisotopic (exact) mass is 564 g/mol. The third kappa shape index (κ3) is 5.05. The van der Waals surface area contributed by atoms with E-state index in [4.69, 9.17) is 9.97 Å². The van der Waals surface area contributed by atoms with Crippen molar-refractivity contribution < 1.29 is 9.00 Å². The lowest BCUT2D eigenvalue weighted by Gasteiger charge is -2.26. The summed E-state index contributed by atoms with van der Waals surface area (Å²) in [6.07, 6.45) is 2.98. The molecule has 0 aliphatic carbocycles. The van der Waals surface area contributed by atoms with Crippen LogP contribution in [-0.4, -0.2) is 52.7 Å². The van der Waals surface area contributed by atoms with Gasteiger partial charge in [-0.15, -0.1) is 10.2 Å². The Balaban J connectivity index is 1.52. The van der Waals surface area contributed by atoms with Crippen molar-refractivity contribution in [3.05, 3.63) is 46.9 Å². The number of nitrogens with zero attached hydrogens (tertiary/aromatic N) is 7. The molecule has 1 amide bonds. The number of nitrogens with one attached hydrogen (secondary N) is 1. The number of fused-ring (bicyclic) bond motifs is 2. The number of hydrogen-bond acceptors (Lipinski definition) is 7. The molecule has 40 heavy (non-hydrogen) atoms. The van der Waals surface area contributed by atoms with E-state index in [1.165, 1.54) is 0 Å². The fourth-order valence-corrected chi connectivity index (χ4v) is 6.04. The Kier molecular flexibility index (Phi) is 7.56. The van der Waals surface area contributed by atoms with Crippen LogP contribution in [0.15, 0.2) is 24.3 Å². The van der Waals surface area contributed by atoms with Gasteiger partial charge < -0.3 is 9.47 Å². The van der Waals surface area contributed by atoms with E-state index >= 15 is 0 Å². The lowest BCUT2D eigenvalue weighted by molar-refractivity contribution is 0.0996. The summed E-state index contributed by atoms with van der Waals surface area (Å²) in [5.74, 6) is 2.89. The Hall–Kier alpha value is -3.18. The third-order valence-electron chi connectivity index (χ3n) is 7.86. The predicted molar refractivity (Wildman–Crippen MR) is 159 cm³/mol. The summed E-state index contributed by atoms with van der Waals surface area (Å²) in [6.45, 7) is 14.4. The van der Waals surface area contributed by atoms with Crippen molar-refractivity contribution in [3.8, 4) is 11.5 Å². The van der Waals surface area contributed by atoms with E-state index in [9.17, 15) is 9.00 Å². The van der Waals surface area contributed by atoms with Crippen molar-refractivity contribution in [2.75, 3.05) is 16.8 Å². The van der Waals surface area contributed by atoms with Crippen LogP contribution in [0.25, 0.3) is 11.5 Å². The van der Waals surface area contributed by atoms with Gasteiger partial charge in [0.25, 0.3) is 5.91 Å². The molecule has 3 atom stereocenters. The second-order valence-electron chi connectivity index (χ2n) is 12.0. The highest BCUT2D eigenvalue weighted by atomic mass is 32.2. The highest BCUT2D eigenvalue weighted by molar-refractivity contribution is 7.84. The zero-order valence-electron chi connectivity index (χ0n) is 24.7. The Labute approximate surface area is 239 Å². The number of amides is 1. The summed E-state index contributed by atoms with van der Waals surface area (Å²) in [5.41, 5.74) is 2.86. The van der Waals surface area contributed by atoms with Crippen molar-refractivity contribution in [2.24, 2.45) is 0 Å². The first-order valence-corrected chi connectivity index (χ1v) is 15.2. The zero-order valence-corrected chi connectivity index (χ0v) is 25.5. The Morgan fingerprint density at radius 3 is 2.60 bits per heavy atom. The van der Waals surface area contributed by atoms with Crippen LogP contribution in [-0.2, 0) is 24.0 Å². The summed E-state index contributed by atoms with van der Waals surface area (Å²) in [7, 11) is 0.672. The molecule has 0 bridgehead atoms. The molecule has 0 radical (unpaired) electrons. The zero-order chi connectivity index (χ0) is 28.9. The molecule has 0 saturated carbocycles. The van der Waals surface area contributed by atoms with Gasteiger partial charge >= 0.3 is 0 Å². The second-order valence-corrected chi connectivity index (χ2v) is 14.0. The summed E-state index contributed by atoms with van der Waals surface area (Å²) in [4.78, 5) is 27.5. The first-order valence-electron chi connectivity index (χ1n) is 14.1. The molecular formula is C29H40N8O2S. The molecule has 3 aromatic heterocycles. The minimum absolute atomic E-state index is 0.122. The number of aryl methyl sites for hydroxylation is 1. The van der Waals surface area contributed by atoms with Crippen molar-refractivity contribution in [1.82, 2.24) is 29.5 Å². The summed E-state index contributed by atoms with van der Waals surface area (Å²) in [5, 5.41) is 8.86. The third-order valence-corrected chi connectivity index (χ3v) is 9.54. The van der Waals surface area contributed by atoms with Crippen LogP contribution in [0.3, 0.4) is 0 Å². The average Bonchev–Trinajstić information content (AvgIpc) is 3.61. The standard InChI is InChI=1S/C29H40N8O2S/c1-9-19-13-14-24-32-33-27(37(19)24)22-11-10-12-23(30-22)36-16-21-20(28(36)38)15-25(35(8)17(2)3)31-26(21)18(4)34-40(39)29(5,6)7/h10-12,15,17-19,34H,9,13-14,16H2,1-8H3/t18-,19+,40?/m1/s1. The number of carbonyl (C=O) groups excluding carboxylic acids is 1. The minimum Gasteiger partial charge on any atom is -0.357 e. The predicted octanol–water partition coefficient (Wildman–Crippen LogP) is 4.75. The molecule has 0 aromatic carbocycles.